The normalized spacial score (nSPS) is 12.9. The summed E-state index contributed by atoms with van der Waals surface area (Å²) in [5.41, 5.74) is 3.24. The minimum absolute atomic E-state index is 0.131. The van der Waals surface area contributed by atoms with Gasteiger partial charge in [-0.1, -0.05) is 6.07 Å². The number of hydrogen-bond donors (Lipinski definition) is 0. The predicted octanol–water partition coefficient (Wildman–Crippen LogP) is 2.09. The molecule has 1 heterocycles. The quantitative estimate of drug-likeness (QED) is 0.808. The predicted molar refractivity (Wildman–Crippen MR) is 67.4 cm³/mol. The lowest BCUT2D eigenvalue weighted by Gasteiger charge is -2.22. The van der Waals surface area contributed by atoms with Crippen LogP contribution in [0.5, 0.6) is 0 Å². The molecule has 2 aromatic rings. The Morgan fingerprint density at radius 1 is 1.47 bits per heavy atom. The van der Waals surface area contributed by atoms with E-state index in [9.17, 15) is 0 Å². The van der Waals surface area contributed by atoms with Gasteiger partial charge in [-0.2, -0.15) is 5.26 Å². The third kappa shape index (κ3) is 2.15. The molecule has 4 heteroatoms. The van der Waals surface area contributed by atoms with Crippen molar-refractivity contribution in [3.05, 3.63) is 30.1 Å². The van der Waals surface area contributed by atoms with Crippen molar-refractivity contribution in [2.45, 2.75) is 12.5 Å². The zero-order chi connectivity index (χ0) is 12.4. The summed E-state index contributed by atoms with van der Waals surface area (Å²) in [6.45, 7) is 0. The molecule has 0 radical (unpaired) electrons. The molecule has 17 heavy (non-hydrogen) atoms. The number of nitrogens with zero attached hydrogens (tertiary/aromatic N) is 4. The van der Waals surface area contributed by atoms with Crippen LogP contribution >= 0.6 is 0 Å². The Balaban J connectivity index is 2.44. The topological polar surface area (TPSA) is 44.9 Å². The van der Waals surface area contributed by atoms with Crippen molar-refractivity contribution in [2.75, 3.05) is 14.1 Å². The summed E-state index contributed by atoms with van der Waals surface area (Å²) in [6.07, 6.45) is 2.30. The van der Waals surface area contributed by atoms with Gasteiger partial charge in [0.05, 0.1) is 29.9 Å². The molecule has 88 valence electrons. The molecule has 0 amide bonds. The van der Waals surface area contributed by atoms with Gasteiger partial charge in [-0.15, -0.1) is 0 Å². The summed E-state index contributed by atoms with van der Waals surface area (Å²) in [7, 11) is 5.96. The van der Waals surface area contributed by atoms with Gasteiger partial charge in [-0.05, 0) is 31.8 Å². The summed E-state index contributed by atoms with van der Waals surface area (Å²) in [5, 5.41) is 8.87. The summed E-state index contributed by atoms with van der Waals surface area (Å²) in [4.78, 5) is 6.41. The van der Waals surface area contributed by atoms with Crippen LogP contribution in [0.15, 0.2) is 24.5 Å². The molecule has 1 atom stereocenters. The maximum absolute atomic E-state index is 8.87. The summed E-state index contributed by atoms with van der Waals surface area (Å²) in [6, 6.07) is 8.57. The fraction of sp³-hybridized carbons (Fsp3) is 0.385. The van der Waals surface area contributed by atoms with Crippen LogP contribution in [0.4, 0.5) is 0 Å². The molecule has 0 fully saturated rings. The first-order valence-electron chi connectivity index (χ1n) is 5.58. The fourth-order valence-electron chi connectivity index (χ4n) is 2.05. The Morgan fingerprint density at radius 3 is 2.88 bits per heavy atom. The highest BCUT2D eigenvalue weighted by Crippen LogP contribution is 2.24. The Kier molecular flexibility index (Phi) is 3.12. The molecule has 0 aliphatic carbocycles. The van der Waals surface area contributed by atoms with Crippen LogP contribution in [0.2, 0.25) is 0 Å². The molecule has 0 aliphatic heterocycles. The van der Waals surface area contributed by atoms with E-state index in [2.05, 4.69) is 34.2 Å². The molecular formula is C13H16N4. The SMILES string of the molecule is CN(C)C(CC#N)c1ccc2c(c1)ncn2C. The molecule has 0 bridgehead atoms. The molecular weight excluding hydrogens is 212 g/mol. The molecule has 0 saturated carbocycles. The lowest BCUT2D eigenvalue weighted by atomic mass is 10.0. The van der Waals surface area contributed by atoms with Gasteiger partial charge in [0, 0.05) is 13.1 Å². The van der Waals surface area contributed by atoms with Crippen molar-refractivity contribution in [1.29, 1.82) is 5.26 Å². The third-order valence-electron chi connectivity index (χ3n) is 3.04. The Morgan fingerprint density at radius 2 is 2.24 bits per heavy atom. The van der Waals surface area contributed by atoms with E-state index in [1.807, 2.05) is 32.0 Å². The number of rotatable bonds is 3. The van der Waals surface area contributed by atoms with E-state index >= 15 is 0 Å². The molecule has 0 spiro atoms. The number of imidazole rings is 1. The smallest absolute Gasteiger partial charge is 0.0955 e. The van der Waals surface area contributed by atoms with Crippen molar-refractivity contribution in [3.63, 3.8) is 0 Å². The van der Waals surface area contributed by atoms with Crippen LogP contribution in [0.1, 0.15) is 18.0 Å². The third-order valence-corrected chi connectivity index (χ3v) is 3.04. The van der Waals surface area contributed by atoms with Crippen LogP contribution in [-0.4, -0.2) is 28.5 Å². The van der Waals surface area contributed by atoms with E-state index < -0.39 is 0 Å². The molecule has 0 saturated heterocycles. The Labute approximate surface area is 101 Å². The molecule has 1 aromatic carbocycles. The van der Waals surface area contributed by atoms with Crippen LogP contribution in [0, 0.1) is 11.3 Å². The van der Waals surface area contributed by atoms with Crippen LogP contribution in [0.3, 0.4) is 0 Å². The van der Waals surface area contributed by atoms with E-state index in [1.165, 1.54) is 0 Å². The number of hydrogen-bond acceptors (Lipinski definition) is 3. The lowest BCUT2D eigenvalue weighted by molar-refractivity contribution is 0.303. The molecule has 4 nitrogen and oxygen atoms in total. The van der Waals surface area contributed by atoms with Gasteiger partial charge in [0.1, 0.15) is 0 Å². The van der Waals surface area contributed by atoms with E-state index in [-0.39, 0.29) is 6.04 Å². The Bertz CT molecular complexity index is 562. The van der Waals surface area contributed by atoms with Gasteiger partial charge in [-0.3, -0.25) is 0 Å². The molecule has 0 N–H and O–H groups in total. The lowest BCUT2D eigenvalue weighted by Crippen LogP contribution is -2.19. The second kappa shape index (κ2) is 4.56. The first-order chi connectivity index (χ1) is 8.13. The van der Waals surface area contributed by atoms with E-state index in [0.717, 1.165) is 16.6 Å². The number of aromatic nitrogens is 2. The minimum Gasteiger partial charge on any atom is -0.334 e. The monoisotopic (exact) mass is 228 g/mol. The van der Waals surface area contributed by atoms with Gasteiger partial charge in [-0.25, -0.2) is 4.98 Å². The highest BCUT2D eigenvalue weighted by molar-refractivity contribution is 5.76. The van der Waals surface area contributed by atoms with Crippen molar-refractivity contribution in [3.8, 4) is 6.07 Å². The summed E-state index contributed by atoms with van der Waals surface area (Å²) < 4.78 is 1.99. The fourth-order valence-corrected chi connectivity index (χ4v) is 2.05. The van der Waals surface area contributed by atoms with Crippen molar-refractivity contribution in [2.24, 2.45) is 7.05 Å². The van der Waals surface area contributed by atoms with Crippen LogP contribution in [-0.2, 0) is 7.05 Å². The summed E-state index contributed by atoms with van der Waals surface area (Å²) in [5.74, 6) is 0. The van der Waals surface area contributed by atoms with Crippen molar-refractivity contribution < 1.29 is 0 Å². The van der Waals surface area contributed by atoms with E-state index in [4.69, 9.17) is 5.26 Å². The number of nitriles is 1. The van der Waals surface area contributed by atoms with Gasteiger partial charge < -0.3 is 9.47 Å². The first kappa shape index (κ1) is 11.6. The van der Waals surface area contributed by atoms with Gasteiger partial charge >= 0.3 is 0 Å². The maximum atomic E-state index is 8.87. The second-order valence-corrected chi connectivity index (χ2v) is 4.45. The molecule has 0 aliphatic rings. The molecule has 1 unspecified atom stereocenters. The van der Waals surface area contributed by atoms with Gasteiger partial charge in [0.25, 0.3) is 0 Å². The minimum atomic E-state index is 0.131. The number of fused-ring (bicyclic) bond motifs is 1. The van der Waals surface area contributed by atoms with Gasteiger partial charge in [0.2, 0.25) is 0 Å². The molecule has 1 aromatic heterocycles. The molecule has 2 rings (SSSR count). The zero-order valence-corrected chi connectivity index (χ0v) is 10.4. The highest BCUT2D eigenvalue weighted by Gasteiger charge is 2.14. The maximum Gasteiger partial charge on any atom is 0.0955 e. The first-order valence-corrected chi connectivity index (χ1v) is 5.58. The second-order valence-electron chi connectivity index (χ2n) is 4.45. The van der Waals surface area contributed by atoms with Crippen molar-refractivity contribution >= 4 is 11.0 Å². The zero-order valence-electron chi connectivity index (χ0n) is 10.4. The van der Waals surface area contributed by atoms with Crippen LogP contribution in [0.25, 0.3) is 11.0 Å². The van der Waals surface area contributed by atoms with E-state index in [0.29, 0.717) is 6.42 Å². The number of benzene rings is 1. The standard InChI is InChI=1S/C13H16N4/c1-16(2)12(6-7-14)10-4-5-13-11(8-10)15-9-17(13)3/h4-5,8-9,12H,6H2,1-3H3. The average Bonchev–Trinajstić information content (AvgIpc) is 2.67. The van der Waals surface area contributed by atoms with Crippen LogP contribution < -0.4 is 0 Å². The average molecular weight is 228 g/mol. The number of aryl methyl sites for hydroxylation is 1. The Hall–Kier alpha value is -1.86. The highest BCUT2D eigenvalue weighted by atomic mass is 15.1. The summed E-state index contributed by atoms with van der Waals surface area (Å²) >= 11 is 0. The van der Waals surface area contributed by atoms with Gasteiger partial charge in [0.15, 0.2) is 0 Å². The largest absolute Gasteiger partial charge is 0.334 e. The van der Waals surface area contributed by atoms with Crippen molar-refractivity contribution in [1.82, 2.24) is 14.5 Å². The van der Waals surface area contributed by atoms with E-state index in [1.54, 1.807) is 0 Å².